The van der Waals surface area contributed by atoms with Gasteiger partial charge in [-0.3, -0.25) is 0 Å². The van der Waals surface area contributed by atoms with Crippen molar-refractivity contribution in [1.29, 1.82) is 0 Å². The van der Waals surface area contributed by atoms with Gasteiger partial charge in [0, 0.05) is 13.1 Å². The summed E-state index contributed by atoms with van der Waals surface area (Å²) in [5, 5.41) is 9.57. The number of ether oxygens (including phenoxy) is 1. The summed E-state index contributed by atoms with van der Waals surface area (Å²) in [7, 11) is 1.72. The topological polar surface area (TPSA) is 49.8 Å². The SMILES string of the molecule is CN(C(=O)OC(C)(C)C)[C@H]1C[C@@](C)(O)C1. The summed E-state index contributed by atoms with van der Waals surface area (Å²) in [6.45, 7) is 7.31. The fourth-order valence-electron chi connectivity index (χ4n) is 1.71. The standard InChI is InChI=1S/C11H21NO3/c1-10(2,3)15-9(13)12(5)8-6-11(4,14)7-8/h8,14H,6-7H2,1-5H3/t8-,11+. The lowest BCUT2D eigenvalue weighted by Gasteiger charge is -2.45. The van der Waals surface area contributed by atoms with Crippen molar-refractivity contribution >= 4 is 6.09 Å². The molecule has 0 aromatic carbocycles. The molecule has 0 spiro atoms. The van der Waals surface area contributed by atoms with Crippen LogP contribution in [0.2, 0.25) is 0 Å². The van der Waals surface area contributed by atoms with E-state index in [4.69, 9.17) is 4.74 Å². The summed E-state index contributed by atoms with van der Waals surface area (Å²) in [5.74, 6) is 0. The summed E-state index contributed by atoms with van der Waals surface area (Å²) in [5.41, 5.74) is -1.07. The number of carbonyl (C=O) groups excluding carboxylic acids is 1. The summed E-state index contributed by atoms with van der Waals surface area (Å²) >= 11 is 0. The van der Waals surface area contributed by atoms with Gasteiger partial charge >= 0.3 is 6.09 Å². The first-order valence-electron chi connectivity index (χ1n) is 5.29. The predicted octanol–water partition coefficient (Wildman–Crippen LogP) is 1.77. The third kappa shape index (κ3) is 3.38. The Labute approximate surface area is 91.2 Å². The van der Waals surface area contributed by atoms with Gasteiger partial charge in [0.2, 0.25) is 0 Å². The fraction of sp³-hybridized carbons (Fsp3) is 0.909. The summed E-state index contributed by atoms with van der Waals surface area (Å²) in [6, 6.07) is 0.106. The van der Waals surface area contributed by atoms with Crippen molar-refractivity contribution in [1.82, 2.24) is 4.90 Å². The second-order valence-corrected chi connectivity index (χ2v) is 5.65. The lowest BCUT2D eigenvalue weighted by atomic mass is 9.77. The van der Waals surface area contributed by atoms with Crippen LogP contribution in [0.4, 0.5) is 4.79 Å². The molecule has 1 fully saturated rings. The second kappa shape index (κ2) is 3.67. The highest BCUT2D eigenvalue weighted by Gasteiger charge is 2.42. The molecule has 88 valence electrons. The van der Waals surface area contributed by atoms with Gasteiger partial charge in [0.1, 0.15) is 5.60 Å². The van der Waals surface area contributed by atoms with E-state index in [0.717, 1.165) is 0 Å². The lowest BCUT2D eigenvalue weighted by Crippen LogP contribution is -2.54. The Balaban J connectivity index is 2.42. The molecule has 1 rings (SSSR count). The maximum atomic E-state index is 11.6. The zero-order valence-corrected chi connectivity index (χ0v) is 10.2. The van der Waals surface area contributed by atoms with Gasteiger partial charge in [0.25, 0.3) is 0 Å². The van der Waals surface area contributed by atoms with Crippen molar-refractivity contribution < 1.29 is 14.6 Å². The molecule has 1 aliphatic carbocycles. The highest BCUT2D eigenvalue weighted by molar-refractivity contribution is 5.68. The molecule has 1 N–H and O–H groups in total. The maximum Gasteiger partial charge on any atom is 0.410 e. The second-order valence-electron chi connectivity index (χ2n) is 5.65. The van der Waals surface area contributed by atoms with Crippen LogP contribution < -0.4 is 0 Å². The first kappa shape index (κ1) is 12.3. The van der Waals surface area contributed by atoms with Crippen LogP contribution in [0.25, 0.3) is 0 Å². The van der Waals surface area contributed by atoms with Gasteiger partial charge in [0.15, 0.2) is 0 Å². The van der Waals surface area contributed by atoms with E-state index in [1.54, 1.807) is 18.9 Å². The van der Waals surface area contributed by atoms with Crippen molar-refractivity contribution in [2.24, 2.45) is 0 Å². The Bertz CT molecular complexity index is 247. The number of nitrogens with zero attached hydrogens (tertiary/aromatic N) is 1. The highest BCUT2D eigenvalue weighted by atomic mass is 16.6. The summed E-state index contributed by atoms with van der Waals surface area (Å²) in [4.78, 5) is 13.2. The van der Waals surface area contributed by atoms with Crippen molar-refractivity contribution in [2.45, 2.75) is 57.8 Å². The molecule has 0 bridgehead atoms. The minimum Gasteiger partial charge on any atom is -0.444 e. The zero-order chi connectivity index (χ0) is 11.9. The Morgan fingerprint density at radius 3 is 2.27 bits per heavy atom. The van der Waals surface area contributed by atoms with Crippen molar-refractivity contribution in [3.63, 3.8) is 0 Å². The van der Waals surface area contributed by atoms with Crippen LogP contribution in [-0.2, 0) is 4.74 Å². The number of carbonyl (C=O) groups is 1. The molecule has 1 aliphatic rings. The molecule has 0 heterocycles. The van der Waals surface area contributed by atoms with Gasteiger partial charge < -0.3 is 14.7 Å². The molecule has 0 aromatic heterocycles. The molecule has 0 aromatic rings. The lowest BCUT2D eigenvalue weighted by molar-refractivity contribution is -0.0741. The Hall–Kier alpha value is -0.770. The molecule has 1 saturated carbocycles. The monoisotopic (exact) mass is 215 g/mol. The molecule has 4 heteroatoms. The largest absolute Gasteiger partial charge is 0.444 e. The van der Waals surface area contributed by atoms with E-state index >= 15 is 0 Å². The Kier molecular flexibility index (Phi) is 3.01. The smallest absolute Gasteiger partial charge is 0.410 e. The molecule has 4 nitrogen and oxygen atoms in total. The molecular formula is C11H21NO3. The predicted molar refractivity (Wildman–Crippen MR) is 57.6 cm³/mol. The van der Waals surface area contributed by atoms with E-state index in [2.05, 4.69) is 0 Å². The molecule has 0 aliphatic heterocycles. The first-order chi connectivity index (χ1) is 6.61. The third-order valence-corrected chi connectivity index (χ3v) is 2.58. The minimum absolute atomic E-state index is 0.106. The number of rotatable bonds is 1. The van der Waals surface area contributed by atoms with Crippen molar-refractivity contribution in [3.05, 3.63) is 0 Å². The van der Waals surface area contributed by atoms with Crippen LogP contribution in [-0.4, -0.2) is 40.4 Å². The number of amides is 1. The number of aliphatic hydroxyl groups is 1. The fourth-order valence-corrected chi connectivity index (χ4v) is 1.71. The van der Waals surface area contributed by atoms with Crippen LogP contribution in [0.1, 0.15) is 40.5 Å². The van der Waals surface area contributed by atoms with Crippen molar-refractivity contribution in [3.8, 4) is 0 Å². The van der Waals surface area contributed by atoms with Gasteiger partial charge in [-0.1, -0.05) is 0 Å². The van der Waals surface area contributed by atoms with E-state index < -0.39 is 11.2 Å². The Morgan fingerprint density at radius 1 is 1.47 bits per heavy atom. The van der Waals surface area contributed by atoms with Crippen molar-refractivity contribution in [2.75, 3.05) is 7.05 Å². The summed E-state index contributed by atoms with van der Waals surface area (Å²) in [6.07, 6.45) is 0.939. The molecular weight excluding hydrogens is 194 g/mol. The van der Waals surface area contributed by atoms with Crippen LogP contribution in [0.15, 0.2) is 0 Å². The van der Waals surface area contributed by atoms with Gasteiger partial charge in [-0.2, -0.15) is 0 Å². The first-order valence-corrected chi connectivity index (χ1v) is 5.29. The normalized spacial score (nSPS) is 30.7. The van der Waals surface area contributed by atoms with E-state index in [-0.39, 0.29) is 12.1 Å². The third-order valence-electron chi connectivity index (χ3n) is 2.58. The van der Waals surface area contributed by atoms with Gasteiger partial charge in [-0.25, -0.2) is 4.79 Å². The quantitative estimate of drug-likeness (QED) is 0.725. The average Bonchev–Trinajstić information content (AvgIpc) is 1.95. The van der Waals surface area contributed by atoms with Crippen LogP contribution in [0, 0.1) is 0 Å². The van der Waals surface area contributed by atoms with E-state index in [1.807, 2.05) is 20.8 Å². The molecule has 0 saturated heterocycles. The van der Waals surface area contributed by atoms with Gasteiger partial charge in [-0.15, -0.1) is 0 Å². The molecule has 0 atom stereocenters. The molecule has 0 radical (unpaired) electrons. The van der Waals surface area contributed by atoms with Crippen LogP contribution in [0.5, 0.6) is 0 Å². The Morgan fingerprint density at radius 2 is 1.93 bits per heavy atom. The maximum absolute atomic E-state index is 11.6. The van der Waals surface area contributed by atoms with E-state index in [1.165, 1.54) is 0 Å². The zero-order valence-electron chi connectivity index (χ0n) is 10.2. The van der Waals surface area contributed by atoms with Gasteiger partial charge in [0.05, 0.1) is 5.60 Å². The molecule has 15 heavy (non-hydrogen) atoms. The van der Waals surface area contributed by atoms with E-state index in [9.17, 15) is 9.90 Å². The molecule has 1 amide bonds. The highest BCUT2D eigenvalue weighted by Crippen LogP contribution is 2.35. The number of hydrogen-bond acceptors (Lipinski definition) is 3. The molecule has 0 unspecified atom stereocenters. The number of hydrogen-bond donors (Lipinski definition) is 1. The summed E-state index contributed by atoms with van der Waals surface area (Å²) < 4.78 is 5.23. The van der Waals surface area contributed by atoms with Crippen LogP contribution >= 0.6 is 0 Å². The average molecular weight is 215 g/mol. The van der Waals surface area contributed by atoms with Crippen LogP contribution in [0.3, 0.4) is 0 Å². The minimum atomic E-state index is -0.610. The van der Waals surface area contributed by atoms with E-state index in [0.29, 0.717) is 12.8 Å². The van der Waals surface area contributed by atoms with Gasteiger partial charge in [-0.05, 0) is 40.5 Å².